The molecule has 2 aromatic carbocycles. The number of hydrogen-bond acceptors (Lipinski definition) is 6. The van der Waals surface area contributed by atoms with E-state index in [-0.39, 0.29) is 29.0 Å². The van der Waals surface area contributed by atoms with E-state index >= 15 is 0 Å². The molecule has 1 heterocycles. The molecule has 0 amide bonds. The molecule has 0 saturated carbocycles. The van der Waals surface area contributed by atoms with Gasteiger partial charge < -0.3 is 18.8 Å². The number of hydrogen-bond donors (Lipinski definition) is 1. The highest BCUT2D eigenvalue weighted by Gasteiger charge is 2.35. The zero-order valence-electron chi connectivity index (χ0n) is 85.7. The number of anilines is 1. The van der Waals surface area contributed by atoms with Crippen LogP contribution in [0.25, 0.3) is 0 Å². The molecule has 1 aliphatic heterocycles. The molecule has 9 heteroatoms. The van der Waals surface area contributed by atoms with E-state index in [2.05, 4.69) is 61.0 Å². The van der Waals surface area contributed by atoms with Crippen LogP contribution >= 0.6 is 0 Å². The highest BCUT2D eigenvalue weighted by Crippen LogP contribution is 2.37. The van der Waals surface area contributed by atoms with Crippen LogP contribution in [0, 0.1) is 6.92 Å². The number of rotatable bonds is 91. The molecule has 2 aliphatic rings. The second-order valence-corrected chi connectivity index (χ2v) is 42.7. The summed E-state index contributed by atoms with van der Waals surface area (Å²) in [7, 11) is 0.619. The van der Waals surface area contributed by atoms with Crippen molar-refractivity contribution in [3.05, 3.63) is 69.9 Å². The van der Waals surface area contributed by atoms with E-state index in [1.807, 2.05) is 13.0 Å². The lowest BCUT2D eigenvalue weighted by Crippen LogP contribution is -2.46. The molecular formula is C116H216N3O5S+. The standard InChI is InChI=1S/2C49H102N.C18H13NO5S/c2*1-5-8-11-14-17-20-23-26-29-32-35-38-41-44-47-50(4,48-45-42-39-36-33-30-27-24-21-18-15-12-9-6-2)49-46-43-40-37-34-31-28-25-22-19-16-13-10-7-3;1-9-2-5-15-13(6-9)18(21)16(19-15)14-7-10-3-4-11(25(22,23)24)8-12(10)17(14)20/h2*5-49H2,1-4H3;2-6,8,19H,7H2,1H3,(H,22,23,24)/q2*+1;/p-1/b;;16-14-. The van der Waals surface area contributed by atoms with Gasteiger partial charge in [-0.3, -0.25) is 9.59 Å². The molecule has 1 N–H and O–H groups in total. The molecule has 0 bridgehead atoms. The maximum atomic E-state index is 12.7. The Morgan fingerprint density at radius 1 is 0.264 bits per heavy atom. The van der Waals surface area contributed by atoms with Crippen LogP contribution in [0.4, 0.5) is 5.69 Å². The van der Waals surface area contributed by atoms with Crippen LogP contribution in [0.3, 0.4) is 0 Å². The molecule has 0 saturated heterocycles. The Labute approximate surface area is 781 Å². The van der Waals surface area contributed by atoms with Crippen molar-refractivity contribution in [1.82, 2.24) is 0 Å². The predicted octanol–water partition coefficient (Wildman–Crippen LogP) is 38.0. The van der Waals surface area contributed by atoms with Crippen molar-refractivity contribution >= 4 is 27.4 Å². The van der Waals surface area contributed by atoms with Crippen LogP contribution in [-0.4, -0.2) is 86.9 Å². The van der Waals surface area contributed by atoms with Crippen molar-refractivity contribution in [2.45, 2.75) is 599 Å². The van der Waals surface area contributed by atoms with Crippen molar-refractivity contribution in [2.75, 3.05) is 58.7 Å². The van der Waals surface area contributed by atoms with Gasteiger partial charge in [-0.25, -0.2) is 8.42 Å². The van der Waals surface area contributed by atoms with Gasteiger partial charge in [0, 0.05) is 28.8 Å². The Bertz CT molecular complexity index is 2620. The van der Waals surface area contributed by atoms with Crippen molar-refractivity contribution < 1.29 is 31.5 Å². The van der Waals surface area contributed by atoms with Crippen molar-refractivity contribution in [3.8, 4) is 0 Å². The summed E-state index contributed by atoms with van der Waals surface area (Å²) >= 11 is 0. The number of Topliss-reactive ketones (excluding diaryl/α,β-unsaturated/α-hetero) is 2. The first-order chi connectivity index (χ1) is 61.1. The minimum atomic E-state index is -4.64. The Hall–Kier alpha value is -2.85. The van der Waals surface area contributed by atoms with Crippen LogP contribution < -0.4 is 5.32 Å². The number of nitrogens with zero attached hydrogens (tertiary/aromatic N) is 2. The fourth-order valence-electron chi connectivity index (χ4n) is 20.0. The van der Waals surface area contributed by atoms with Gasteiger partial charge in [0.15, 0.2) is 5.78 Å². The summed E-state index contributed by atoms with van der Waals surface area (Å²) < 4.78 is 36.2. The lowest BCUT2D eigenvalue weighted by Gasteiger charge is -2.35. The minimum absolute atomic E-state index is 0.154. The normalized spacial score (nSPS) is 13.4. The Morgan fingerprint density at radius 3 is 0.664 bits per heavy atom. The Balaban J connectivity index is 0.000000666. The quantitative estimate of drug-likeness (QED) is 0.0306. The van der Waals surface area contributed by atoms with Gasteiger partial charge in [-0.05, 0) is 114 Å². The van der Waals surface area contributed by atoms with Crippen molar-refractivity contribution in [3.63, 3.8) is 0 Å². The number of quaternary nitrogens is 2. The maximum Gasteiger partial charge on any atom is 0.211 e. The number of nitrogens with one attached hydrogen (secondary N) is 1. The molecule has 0 spiro atoms. The van der Waals surface area contributed by atoms with Crippen LogP contribution in [0.1, 0.15) is 613 Å². The first-order valence-corrected chi connectivity index (χ1v) is 58.0. The lowest BCUT2D eigenvalue weighted by atomic mass is 10.0. The van der Waals surface area contributed by atoms with E-state index in [9.17, 15) is 22.6 Å². The van der Waals surface area contributed by atoms with Crippen LogP contribution in [0.5, 0.6) is 0 Å². The number of aryl methyl sites for hydroxylation is 1. The van der Waals surface area contributed by atoms with Crippen molar-refractivity contribution in [1.29, 1.82) is 0 Å². The first-order valence-electron chi connectivity index (χ1n) is 56.6. The van der Waals surface area contributed by atoms with Gasteiger partial charge in [0.25, 0.3) is 0 Å². The Morgan fingerprint density at radius 2 is 0.464 bits per heavy atom. The van der Waals surface area contributed by atoms with E-state index in [0.29, 0.717) is 16.8 Å². The molecule has 0 atom stereocenters. The van der Waals surface area contributed by atoms with Gasteiger partial charge in [0.2, 0.25) is 5.78 Å². The molecule has 0 unspecified atom stereocenters. The molecule has 0 aromatic heterocycles. The number of fused-ring (bicyclic) bond motifs is 2. The van der Waals surface area contributed by atoms with Crippen molar-refractivity contribution in [2.24, 2.45) is 0 Å². The van der Waals surface area contributed by atoms with Gasteiger partial charge in [0.1, 0.15) is 10.1 Å². The van der Waals surface area contributed by atoms with E-state index in [1.54, 1.807) is 12.1 Å². The maximum absolute atomic E-state index is 12.7. The molecule has 730 valence electrons. The number of carbonyl (C=O) groups excluding carboxylic acids is 2. The largest absolute Gasteiger partial charge is 0.744 e. The van der Waals surface area contributed by atoms with Gasteiger partial charge in [0.05, 0.1) is 64.0 Å². The third-order valence-corrected chi connectivity index (χ3v) is 29.6. The monoisotopic (exact) mass is 1760 g/mol. The highest BCUT2D eigenvalue weighted by atomic mass is 32.2. The van der Waals surface area contributed by atoms with E-state index < -0.39 is 20.8 Å². The average molecular weight is 1770 g/mol. The molecule has 1 aliphatic carbocycles. The molecule has 8 nitrogen and oxygen atoms in total. The third-order valence-electron chi connectivity index (χ3n) is 28.8. The van der Waals surface area contributed by atoms with Crippen LogP contribution in [0.2, 0.25) is 0 Å². The molecule has 2 aromatic rings. The highest BCUT2D eigenvalue weighted by molar-refractivity contribution is 7.85. The fourth-order valence-corrected chi connectivity index (χ4v) is 20.5. The summed E-state index contributed by atoms with van der Waals surface area (Å²) in [6.07, 6.45) is 124. The number of benzene rings is 2. The Kier molecular flexibility index (Phi) is 80.7. The van der Waals surface area contributed by atoms with Gasteiger partial charge in [-0.15, -0.1) is 0 Å². The van der Waals surface area contributed by atoms with E-state index in [0.717, 1.165) is 11.6 Å². The zero-order chi connectivity index (χ0) is 90.6. The first kappa shape index (κ1) is 118. The van der Waals surface area contributed by atoms with Crippen LogP contribution in [-0.2, 0) is 16.5 Å². The van der Waals surface area contributed by atoms with Gasteiger partial charge in [-0.2, -0.15) is 0 Å². The second-order valence-electron chi connectivity index (χ2n) is 41.3. The molecule has 125 heavy (non-hydrogen) atoms. The predicted molar refractivity (Wildman–Crippen MR) is 552 cm³/mol. The molecule has 4 rings (SSSR count). The smallest absolute Gasteiger partial charge is 0.211 e. The number of allylic oxidation sites excluding steroid dienone is 2. The lowest BCUT2D eigenvalue weighted by molar-refractivity contribution is -0.910. The summed E-state index contributed by atoms with van der Waals surface area (Å²) in [6.45, 7) is 24.4. The summed E-state index contributed by atoms with van der Waals surface area (Å²) in [5.74, 6) is -0.688. The third kappa shape index (κ3) is 67.9. The summed E-state index contributed by atoms with van der Waals surface area (Å²) in [5.41, 5.74) is 3.34. The van der Waals surface area contributed by atoms with Gasteiger partial charge in [-0.1, -0.05) is 522 Å². The van der Waals surface area contributed by atoms with Gasteiger partial charge >= 0.3 is 0 Å². The minimum Gasteiger partial charge on any atom is -0.744 e. The summed E-state index contributed by atoms with van der Waals surface area (Å²) in [6, 6.07) is 9.12. The average Bonchev–Trinajstić information content (AvgIpc) is 1.61. The van der Waals surface area contributed by atoms with E-state index in [1.165, 1.54) is 600 Å². The zero-order valence-corrected chi connectivity index (χ0v) is 86.5. The number of ketones is 2. The van der Waals surface area contributed by atoms with Crippen LogP contribution in [0.15, 0.2) is 52.6 Å². The number of carbonyl (C=O) groups is 2. The topological polar surface area (TPSA) is 103 Å². The number of unbranched alkanes of at least 4 members (excludes halogenated alkanes) is 78. The molecule has 0 radical (unpaired) electrons. The van der Waals surface area contributed by atoms with E-state index in [4.69, 9.17) is 0 Å². The summed E-state index contributed by atoms with van der Waals surface area (Å²) in [4.78, 5) is 24.9. The second kappa shape index (κ2) is 85.3. The SMILES string of the molecule is CCCCCCCCCCCCCCCC[N+](C)(CCCCCCCCCCCCCCCC)CCCCCCCCCCCCCCCC.CCCCCCCCCCCCCCCC[N+](C)(CCCCCCCCCCCCCCCC)CCCCCCCCCCCCCCCC.Cc1ccc2c(c1)C(=O)/C(=C1\Cc3ccc(S(=O)(=O)[O-])cc3C1=O)N2. The fraction of sp³-hybridized carbons (Fsp3) is 0.862. The molecular weight excluding hydrogens is 1550 g/mol. The summed E-state index contributed by atoms with van der Waals surface area (Å²) in [5, 5.41) is 2.99. The molecule has 0 fully saturated rings.